The number of ether oxygens (including phenoxy) is 1. The van der Waals surface area contributed by atoms with Gasteiger partial charge in [-0.25, -0.2) is 9.69 Å². The number of carbonyl (C=O) groups excluding carboxylic acids is 3. The third kappa shape index (κ3) is 4.37. The van der Waals surface area contributed by atoms with Crippen molar-refractivity contribution in [1.29, 1.82) is 0 Å². The van der Waals surface area contributed by atoms with E-state index in [1.807, 2.05) is 0 Å². The minimum Gasteiger partial charge on any atom is -0.423 e. The van der Waals surface area contributed by atoms with E-state index in [1.165, 1.54) is 48.5 Å². The van der Waals surface area contributed by atoms with Gasteiger partial charge < -0.3 is 10.1 Å². The molecule has 1 N–H and O–H groups in total. The molecule has 1 heterocycles. The van der Waals surface area contributed by atoms with Crippen LogP contribution in [0.3, 0.4) is 0 Å². The summed E-state index contributed by atoms with van der Waals surface area (Å²) in [5.41, 5.74) is 1.62. The van der Waals surface area contributed by atoms with Gasteiger partial charge in [0.2, 0.25) is 0 Å². The maximum atomic E-state index is 12.9. The summed E-state index contributed by atoms with van der Waals surface area (Å²) in [7, 11) is 0. The number of rotatable bonds is 6. The summed E-state index contributed by atoms with van der Waals surface area (Å²) < 4.78 is 5.21. The van der Waals surface area contributed by atoms with E-state index >= 15 is 0 Å². The fourth-order valence-electron chi connectivity index (χ4n) is 3.28. The lowest BCUT2D eigenvalue weighted by Crippen LogP contribution is -2.32. The lowest BCUT2D eigenvalue weighted by Gasteiger charge is -2.17. The van der Waals surface area contributed by atoms with Crippen LogP contribution < -0.4 is 15.0 Å². The minimum atomic E-state index is -0.671. The van der Waals surface area contributed by atoms with Crippen LogP contribution in [0.1, 0.15) is 15.9 Å². The first-order valence-electron chi connectivity index (χ1n) is 9.94. The smallest absolute Gasteiger partial charge is 0.343 e. The molecule has 0 aromatic heterocycles. The number of aryl methyl sites for hydroxylation is 1. The van der Waals surface area contributed by atoms with E-state index in [0.29, 0.717) is 11.4 Å². The van der Waals surface area contributed by atoms with Crippen LogP contribution in [0.5, 0.6) is 5.75 Å². The number of nitro benzene ring substituents is 1. The predicted octanol–water partition coefficient (Wildman–Crippen LogP) is 4.56. The Morgan fingerprint density at radius 2 is 1.62 bits per heavy atom. The lowest BCUT2D eigenvalue weighted by molar-refractivity contribution is -0.384. The molecule has 34 heavy (non-hydrogen) atoms. The number of para-hydroxylation sites is 1. The first kappa shape index (κ1) is 22.7. The van der Waals surface area contributed by atoms with Crippen molar-refractivity contribution in [2.45, 2.75) is 6.92 Å². The van der Waals surface area contributed by atoms with E-state index in [9.17, 15) is 24.5 Å². The summed E-state index contributed by atoms with van der Waals surface area (Å²) in [6.07, 6.45) is 0. The highest BCUT2D eigenvalue weighted by Gasteiger charge is 2.39. The monoisotopic (exact) mass is 477 g/mol. The first-order valence-corrected chi connectivity index (χ1v) is 10.3. The quantitative estimate of drug-likeness (QED) is 0.182. The van der Waals surface area contributed by atoms with Crippen molar-refractivity contribution in [2.75, 3.05) is 10.2 Å². The Labute approximate surface area is 198 Å². The Morgan fingerprint density at radius 3 is 2.24 bits per heavy atom. The van der Waals surface area contributed by atoms with Crippen LogP contribution in [0.2, 0.25) is 0 Å². The molecule has 0 saturated heterocycles. The minimum absolute atomic E-state index is 0.0730. The Hall–Kier alpha value is -4.50. The van der Waals surface area contributed by atoms with E-state index in [4.69, 9.17) is 16.3 Å². The van der Waals surface area contributed by atoms with Crippen molar-refractivity contribution < 1.29 is 24.0 Å². The zero-order chi connectivity index (χ0) is 24.4. The molecule has 9 nitrogen and oxygen atoms in total. The molecular formula is C24H16ClN3O6. The van der Waals surface area contributed by atoms with Crippen LogP contribution in [0.4, 0.5) is 17.1 Å². The van der Waals surface area contributed by atoms with Crippen LogP contribution in [-0.4, -0.2) is 22.7 Å². The lowest BCUT2D eigenvalue weighted by atomic mass is 10.2. The number of nitrogens with one attached hydrogen (secondary N) is 1. The van der Waals surface area contributed by atoms with Crippen molar-refractivity contribution in [3.05, 3.63) is 105 Å². The molecule has 0 bridgehead atoms. The molecule has 1 aliphatic rings. The summed E-state index contributed by atoms with van der Waals surface area (Å²) >= 11 is 6.16. The van der Waals surface area contributed by atoms with Crippen LogP contribution in [0, 0.1) is 17.0 Å². The molecule has 0 unspecified atom stereocenters. The number of halogens is 1. The van der Waals surface area contributed by atoms with E-state index in [0.717, 1.165) is 10.5 Å². The highest BCUT2D eigenvalue weighted by molar-refractivity contribution is 6.53. The molecule has 3 aromatic carbocycles. The molecule has 2 amide bonds. The predicted molar refractivity (Wildman–Crippen MR) is 125 cm³/mol. The standard InChI is InChI=1S/C24H16ClN3O6/c1-14-4-2-3-5-19(14)27-22(29)20(25)21(23(27)30)26-16-8-6-15(7-9-16)24(31)34-18-12-10-17(11-13-18)28(32)33/h2-13,26H,1H3. The number of imide groups is 1. The second kappa shape index (κ2) is 9.16. The number of benzene rings is 3. The molecule has 0 aliphatic carbocycles. The maximum absolute atomic E-state index is 12.9. The van der Waals surface area contributed by atoms with Gasteiger partial charge in [-0.05, 0) is 55.0 Å². The van der Waals surface area contributed by atoms with Gasteiger partial charge in [-0.3, -0.25) is 19.7 Å². The van der Waals surface area contributed by atoms with Crippen LogP contribution >= 0.6 is 11.6 Å². The third-order valence-corrected chi connectivity index (χ3v) is 5.38. The Balaban J connectivity index is 1.46. The number of hydrogen-bond acceptors (Lipinski definition) is 7. The summed E-state index contributed by atoms with van der Waals surface area (Å²) in [6, 6.07) is 18.0. The van der Waals surface area contributed by atoms with Gasteiger partial charge >= 0.3 is 5.97 Å². The van der Waals surface area contributed by atoms with Gasteiger partial charge in [0.1, 0.15) is 16.5 Å². The van der Waals surface area contributed by atoms with Crippen molar-refractivity contribution in [3.8, 4) is 5.75 Å². The average Bonchev–Trinajstić information content (AvgIpc) is 3.03. The largest absolute Gasteiger partial charge is 0.423 e. The highest BCUT2D eigenvalue weighted by Crippen LogP contribution is 2.31. The van der Waals surface area contributed by atoms with Gasteiger partial charge in [0.05, 0.1) is 16.2 Å². The van der Waals surface area contributed by atoms with Gasteiger partial charge in [0, 0.05) is 17.8 Å². The number of nitrogens with zero attached hydrogens (tertiary/aromatic N) is 2. The van der Waals surface area contributed by atoms with Crippen LogP contribution in [0.25, 0.3) is 0 Å². The number of esters is 1. The second-order valence-electron chi connectivity index (χ2n) is 7.26. The summed E-state index contributed by atoms with van der Waals surface area (Å²) in [6.45, 7) is 1.78. The molecule has 170 valence electrons. The molecule has 0 atom stereocenters. The number of hydrogen-bond donors (Lipinski definition) is 1. The molecule has 0 spiro atoms. The number of nitro groups is 1. The van der Waals surface area contributed by atoms with Gasteiger partial charge in [0.25, 0.3) is 17.5 Å². The molecule has 3 aromatic rings. The first-order chi connectivity index (χ1) is 16.3. The number of non-ortho nitro benzene ring substituents is 1. The van der Waals surface area contributed by atoms with Gasteiger partial charge in [-0.15, -0.1) is 0 Å². The zero-order valence-electron chi connectivity index (χ0n) is 17.7. The number of anilines is 2. The van der Waals surface area contributed by atoms with Crippen molar-refractivity contribution in [1.82, 2.24) is 0 Å². The van der Waals surface area contributed by atoms with Gasteiger partial charge in [-0.1, -0.05) is 29.8 Å². The summed E-state index contributed by atoms with van der Waals surface area (Å²) in [4.78, 5) is 49.1. The van der Waals surface area contributed by atoms with E-state index in [-0.39, 0.29) is 27.7 Å². The average molecular weight is 478 g/mol. The molecule has 0 radical (unpaired) electrons. The molecule has 0 saturated carbocycles. The van der Waals surface area contributed by atoms with Crippen LogP contribution in [-0.2, 0) is 9.59 Å². The summed E-state index contributed by atoms with van der Waals surface area (Å²) in [5.74, 6) is -1.74. The van der Waals surface area contributed by atoms with E-state index in [2.05, 4.69) is 5.32 Å². The molecule has 4 rings (SSSR count). The normalized spacial score (nSPS) is 13.3. The fourth-order valence-corrected chi connectivity index (χ4v) is 3.49. The molecule has 1 aliphatic heterocycles. The van der Waals surface area contributed by atoms with Crippen molar-refractivity contribution >= 4 is 46.4 Å². The zero-order valence-corrected chi connectivity index (χ0v) is 18.4. The molecular weight excluding hydrogens is 462 g/mol. The third-order valence-electron chi connectivity index (χ3n) is 5.03. The van der Waals surface area contributed by atoms with Crippen LogP contribution in [0.15, 0.2) is 83.5 Å². The SMILES string of the molecule is Cc1ccccc1N1C(=O)C(Cl)=C(Nc2ccc(C(=O)Oc3ccc([N+](=O)[O-])cc3)cc2)C1=O. The second-order valence-corrected chi connectivity index (χ2v) is 7.64. The maximum Gasteiger partial charge on any atom is 0.343 e. The molecule has 10 heteroatoms. The topological polar surface area (TPSA) is 119 Å². The fraction of sp³-hybridized carbons (Fsp3) is 0.0417. The Bertz CT molecular complexity index is 1350. The van der Waals surface area contributed by atoms with Gasteiger partial charge in [0.15, 0.2) is 0 Å². The number of amides is 2. The van der Waals surface area contributed by atoms with Crippen molar-refractivity contribution in [2.24, 2.45) is 0 Å². The number of carbonyl (C=O) groups is 3. The molecule has 0 fully saturated rings. The Kier molecular flexibility index (Phi) is 6.11. The van der Waals surface area contributed by atoms with E-state index in [1.54, 1.807) is 31.2 Å². The van der Waals surface area contributed by atoms with Crippen molar-refractivity contribution in [3.63, 3.8) is 0 Å². The highest BCUT2D eigenvalue weighted by atomic mass is 35.5. The van der Waals surface area contributed by atoms with Gasteiger partial charge in [-0.2, -0.15) is 0 Å². The Morgan fingerprint density at radius 1 is 0.971 bits per heavy atom. The summed E-state index contributed by atoms with van der Waals surface area (Å²) in [5, 5.41) is 13.3. The van der Waals surface area contributed by atoms with E-state index < -0.39 is 22.7 Å².